The molecule has 8 nitrogen and oxygen atoms in total. The van der Waals surface area contributed by atoms with Crippen LogP contribution in [0.2, 0.25) is 0 Å². The molecule has 0 saturated carbocycles. The Hall–Kier alpha value is -0.500. The van der Waals surface area contributed by atoms with E-state index < -0.39 is 20.0 Å². The van der Waals surface area contributed by atoms with E-state index in [1.807, 2.05) is 21.1 Å². The number of nitrogens with one attached hydrogen (secondary N) is 1. The highest BCUT2D eigenvalue weighted by Gasteiger charge is 2.28. The number of amides is 1. The van der Waals surface area contributed by atoms with E-state index in [2.05, 4.69) is 19.2 Å². The molecule has 85 heavy (non-hydrogen) atoms. The number of likely N-dealkylation sites (N-methyl/N-ethyl adjacent to an activating group) is 1. The van der Waals surface area contributed by atoms with Crippen LogP contribution in [0.4, 0.5) is 0 Å². The van der Waals surface area contributed by atoms with Gasteiger partial charge < -0.3 is 19.8 Å². The Labute approximate surface area is 533 Å². The van der Waals surface area contributed by atoms with Crippen LogP contribution >= 0.6 is 7.82 Å². The van der Waals surface area contributed by atoms with Crippen molar-refractivity contribution in [1.82, 2.24) is 5.32 Å². The van der Waals surface area contributed by atoms with Crippen LogP contribution in [-0.2, 0) is 18.4 Å². The number of nitrogens with zero attached hydrogens (tertiary/aromatic N) is 1. The van der Waals surface area contributed by atoms with Crippen molar-refractivity contribution in [3.8, 4) is 0 Å². The molecule has 0 aromatic heterocycles. The summed E-state index contributed by atoms with van der Waals surface area (Å²) in [5.74, 6) is -0.132. The van der Waals surface area contributed by atoms with Crippen LogP contribution in [0.1, 0.15) is 431 Å². The molecule has 0 aliphatic rings. The summed E-state index contributed by atoms with van der Waals surface area (Å²) in [6.45, 7) is 4.97. The molecule has 0 aromatic rings. The molecule has 510 valence electrons. The molecule has 0 heterocycles. The van der Waals surface area contributed by atoms with Crippen molar-refractivity contribution < 1.29 is 32.9 Å². The summed E-state index contributed by atoms with van der Waals surface area (Å²) < 4.78 is 23.9. The van der Waals surface area contributed by atoms with Crippen LogP contribution in [0, 0.1) is 0 Å². The van der Waals surface area contributed by atoms with Crippen LogP contribution in [0.5, 0.6) is 0 Å². The molecule has 0 rings (SSSR count). The zero-order chi connectivity index (χ0) is 61.9. The van der Waals surface area contributed by atoms with Crippen LogP contribution in [-0.4, -0.2) is 73.4 Å². The van der Waals surface area contributed by atoms with E-state index in [4.69, 9.17) is 9.05 Å². The Morgan fingerprint density at radius 3 is 0.788 bits per heavy atom. The van der Waals surface area contributed by atoms with Crippen molar-refractivity contribution in [2.75, 3.05) is 40.9 Å². The molecule has 0 aromatic carbocycles. The molecule has 0 aliphatic carbocycles. The number of phosphoric acid groups is 1. The van der Waals surface area contributed by atoms with Crippen molar-refractivity contribution in [1.29, 1.82) is 0 Å². The van der Waals surface area contributed by atoms with E-state index >= 15 is 0 Å². The minimum Gasteiger partial charge on any atom is -0.391 e. The SMILES string of the molecule is CCCCCCCCCCCCCCCCCCCCCCCCCCCCCCCCCCCCCCCC(=O)NC(COP(=O)(O)OCC[N+](C)(C)C)C(O)CCCCCCCCCCCCCCCCCCCCCCCCCCCC. The molecule has 3 atom stereocenters. The van der Waals surface area contributed by atoms with Gasteiger partial charge in [0.05, 0.1) is 39.9 Å². The summed E-state index contributed by atoms with van der Waals surface area (Å²) >= 11 is 0. The van der Waals surface area contributed by atoms with Gasteiger partial charge in [0.1, 0.15) is 13.2 Å². The molecule has 0 saturated heterocycles. The predicted molar refractivity (Wildman–Crippen MR) is 374 cm³/mol. The fraction of sp³-hybridized carbons (Fsp3) is 0.987. The number of hydrogen-bond donors (Lipinski definition) is 3. The third-order valence-electron chi connectivity index (χ3n) is 18.6. The van der Waals surface area contributed by atoms with Crippen molar-refractivity contribution >= 4 is 13.7 Å². The van der Waals surface area contributed by atoms with Crippen LogP contribution in [0.25, 0.3) is 0 Å². The molecule has 3 N–H and O–H groups in total. The number of phosphoric ester groups is 1. The van der Waals surface area contributed by atoms with Crippen molar-refractivity contribution in [3.05, 3.63) is 0 Å². The Bertz CT molecular complexity index is 1350. The molecule has 0 fully saturated rings. The second-order valence-electron chi connectivity index (χ2n) is 28.5. The Morgan fingerprint density at radius 2 is 0.565 bits per heavy atom. The lowest BCUT2D eigenvalue weighted by molar-refractivity contribution is -0.870. The first-order valence-electron chi connectivity index (χ1n) is 38.9. The van der Waals surface area contributed by atoms with Gasteiger partial charge in [-0.1, -0.05) is 412 Å². The Balaban J connectivity index is 3.89. The van der Waals surface area contributed by atoms with E-state index in [9.17, 15) is 19.4 Å². The maximum atomic E-state index is 13.1. The monoisotopic (exact) mass is 1220 g/mol. The van der Waals surface area contributed by atoms with Gasteiger partial charge in [0.2, 0.25) is 5.91 Å². The molecule has 0 aliphatic heterocycles. The standard InChI is InChI=1S/C76H155N2O6P/c1-6-8-10-12-14-16-18-20-22-24-26-28-30-32-34-35-36-37-38-39-40-41-42-43-44-46-48-50-52-54-56-58-60-62-64-66-68-70-76(80)77-74(73-84-85(81,82)83-72-71-78(3,4)5)75(79)69-67-65-63-61-59-57-55-53-51-49-47-45-33-31-29-27-25-23-21-19-17-15-13-11-9-7-2/h74-75,79H,6-73H2,1-5H3,(H-,77,80,81,82)/p+1. The molecular formula is C76H156N2O6P+. The summed E-state index contributed by atoms with van der Waals surface area (Å²) in [5.41, 5.74) is 0. The molecule has 9 heteroatoms. The van der Waals surface area contributed by atoms with Gasteiger partial charge in [-0.3, -0.25) is 13.8 Å². The first-order chi connectivity index (χ1) is 41.5. The molecule has 1 amide bonds. The maximum absolute atomic E-state index is 13.1. The van der Waals surface area contributed by atoms with E-state index in [1.54, 1.807) is 0 Å². The quantitative estimate of drug-likeness (QED) is 0.0318. The normalized spacial score (nSPS) is 13.4. The second-order valence-corrected chi connectivity index (χ2v) is 29.9. The second kappa shape index (κ2) is 67.9. The third-order valence-corrected chi connectivity index (χ3v) is 19.6. The van der Waals surface area contributed by atoms with Gasteiger partial charge in [-0.25, -0.2) is 4.57 Å². The third kappa shape index (κ3) is 70.8. The zero-order valence-electron chi connectivity index (χ0n) is 58.7. The summed E-state index contributed by atoms with van der Waals surface area (Å²) in [7, 11) is 1.65. The van der Waals surface area contributed by atoms with Crippen molar-refractivity contribution in [2.45, 2.75) is 443 Å². The minimum absolute atomic E-state index is 0.0796. The lowest BCUT2D eigenvalue weighted by atomic mass is 10.0. The van der Waals surface area contributed by atoms with Crippen molar-refractivity contribution in [3.63, 3.8) is 0 Å². The average molecular weight is 1230 g/mol. The number of rotatable bonds is 74. The predicted octanol–water partition coefficient (Wildman–Crippen LogP) is 25.1. The average Bonchev–Trinajstić information content (AvgIpc) is 3.49. The molecule has 0 bridgehead atoms. The van der Waals surface area contributed by atoms with Gasteiger partial charge in [-0.05, 0) is 12.8 Å². The van der Waals surface area contributed by atoms with Crippen molar-refractivity contribution in [2.24, 2.45) is 0 Å². The van der Waals surface area contributed by atoms with Crippen LogP contribution < -0.4 is 5.32 Å². The number of quaternary nitrogens is 1. The minimum atomic E-state index is -4.33. The summed E-state index contributed by atoms with van der Waals surface area (Å²) in [6, 6.07) is -0.757. The topological polar surface area (TPSA) is 105 Å². The molecular weight excluding hydrogens is 1070 g/mol. The van der Waals surface area contributed by atoms with Gasteiger partial charge in [0, 0.05) is 6.42 Å². The van der Waals surface area contributed by atoms with Gasteiger partial charge in [0.15, 0.2) is 0 Å². The number of hydrogen-bond acceptors (Lipinski definition) is 5. The van der Waals surface area contributed by atoms with Crippen LogP contribution in [0.15, 0.2) is 0 Å². The van der Waals surface area contributed by atoms with E-state index in [0.29, 0.717) is 23.9 Å². The number of aliphatic hydroxyl groups excluding tert-OH is 1. The van der Waals surface area contributed by atoms with Gasteiger partial charge >= 0.3 is 7.82 Å². The smallest absolute Gasteiger partial charge is 0.391 e. The van der Waals surface area contributed by atoms with E-state index in [0.717, 1.165) is 38.5 Å². The van der Waals surface area contributed by atoms with E-state index in [-0.39, 0.29) is 19.1 Å². The van der Waals surface area contributed by atoms with Crippen LogP contribution in [0.3, 0.4) is 0 Å². The fourth-order valence-corrected chi connectivity index (χ4v) is 13.3. The summed E-state index contributed by atoms with van der Waals surface area (Å²) in [6.07, 6.45) is 86.8. The molecule has 0 radical (unpaired) electrons. The Morgan fingerprint density at radius 1 is 0.353 bits per heavy atom. The van der Waals surface area contributed by atoms with Gasteiger partial charge in [-0.15, -0.1) is 0 Å². The first kappa shape index (κ1) is 84.5. The zero-order valence-corrected chi connectivity index (χ0v) is 59.6. The number of carbonyl (C=O) groups excluding carboxylic acids is 1. The lowest BCUT2D eigenvalue weighted by Crippen LogP contribution is -2.46. The highest BCUT2D eigenvalue weighted by Crippen LogP contribution is 2.43. The summed E-state index contributed by atoms with van der Waals surface area (Å²) in [5, 5.41) is 14.2. The first-order valence-corrected chi connectivity index (χ1v) is 40.4. The summed E-state index contributed by atoms with van der Waals surface area (Å²) in [4.78, 5) is 23.5. The number of aliphatic hydroxyl groups is 1. The fourth-order valence-electron chi connectivity index (χ4n) is 12.6. The van der Waals surface area contributed by atoms with E-state index in [1.165, 1.54) is 366 Å². The number of unbranched alkanes of at least 4 members (excludes halogenated alkanes) is 61. The highest BCUT2D eigenvalue weighted by molar-refractivity contribution is 7.47. The largest absolute Gasteiger partial charge is 0.472 e. The lowest BCUT2D eigenvalue weighted by Gasteiger charge is -2.26. The maximum Gasteiger partial charge on any atom is 0.472 e. The molecule has 0 spiro atoms. The Kier molecular flexibility index (Phi) is 67.5. The van der Waals surface area contributed by atoms with Gasteiger partial charge in [-0.2, -0.15) is 0 Å². The van der Waals surface area contributed by atoms with Gasteiger partial charge in [0.25, 0.3) is 0 Å². The highest BCUT2D eigenvalue weighted by atomic mass is 31.2. The number of carbonyl (C=O) groups is 1. The molecule has 3 unspecified atom stereocenters.